The van der Waals surface area contributed by atoms with Crippen molar-refractivity contribution in [1.82, 2.24) is 10.2 Å². The van der Waals surface area contributed by atoms with Crippen LogP contribution < -0.4 is 5.32 Å². The van der Waals surface area contributed by atoms with Crippen LogP contribution in [0.2, 0.25) is 0 Å². The number of carbonyl (C=O) groups is 1. The normalized spacial score (nSPS) is 15.6. The van der Waals surface area contributed by atoms with Gasteiger partial charge in [-0.25, -0.2) is 0 Å². The number of aliphatic hydroxyl groups is 2. The van der Waals surface area contributed by atoms with E-state index in [4.69, 9.17) is 0 Å². The predicted molar refractivity (Wildman–Crippen MR) is 134 cm³/mol. The minimum absolute atomic E-state index is 0.0196. The zero-order valence-corrected chi connectivity index (χ0v) is 21.0. The third kappa shape index (κ3) is 14.8. The van der Waals surface area contributed by atoms with Gasteiger partial charge in [0.15, 0.2) is 0 Å². The molecule has 6 heteroatoms. The summed E-state index contributed by atoms with van der Waals surface area (Å²) in [6, 6.07) is 0. The highest BCUT2D eigenvalue weighted by molar-refractivity contribution is 5.83. The monoisotopic (exact) mass is 453 g/mol. The van der Waals surface area contributed by atoms with E-state index in [1.165, 1.54) is 51.4 Å². The molecule has 0 aromatic rings. The van der Waals surface area contributed by atoms with E-state index in [9.17, 15) is 15.0 Å². The molecule has 188 valence electrons. The van der Waals surface area contributed by atoms with Gasteiger partial charge in [0.05, 0.1) is 24.6 Å². The molecule has 0 fully saturated rings. The Labute approximate surface area is 197 Å². The quantitative estimate of drug-likeness (QED) is 0.218. The maximum absolute atomic E-state index is 12.1. The number of nitrogens with zero attached hydrogens (tertiary/aromatic N) is 2. The molecule has 2 atom stereocenters. The summed E-state index contributed by atoms with van der Waals surface area (Å²) < 4.78 is 0. The van der Waals surface area contributed by atoms with E-state index < -0.39 is 0 Å². The molecule has 1 aliphatic rings. The van der Waals surface area contributed by atoms with Gasteiger partial charge in [-0.2, -0.15) is 0 Å². The highest BCUT2D eigenvalue weighted by Crippen LogP contribution is 2.14. The third-order valence-electron chi connectivity index (χ3n) is 6.42. The molecule has 0 radical (unpaired) electrons. The van der Waals surface area contributed by atoms with Gasteiger partial charge in [0.25, 0.3) is 0 Å². The average Bonchev–Trinajstić information content (AvgIpc) is 3.23. The lowest BCUT2D eigenvalue weighted by Gasteiger charge is -2.21. The molecule has 0 aromatic heterocycles. The van der Waals surface area contributed by atoms with E-state index >= 15 is 0 Å². The molecule has 0 saturated carbocycles. The zero-order valence-electron chi connectivity index (χ0n) is 21.0. The zero-order chi connectivity index (χ0) is 23.4. The van der Waals surface area contributed by atoms with Gasteiger partial charge in [0, 0.05) is 32.5 Å². The van der Waals surface area contributed by atoms with Crippen LogP contribution in [-0.2, 0) is 4.79 Å². The van der Waals surface area contributed by atoms with E-state index in [-0.39, 0.29) is 18.1 Å². The summed E-state index contributed by atoms with van der Waals surface area (Å²) in [6.07, 6.45) is 15.7. The van der Waals surface area contributed by atoms with Gasteiger partial charge in [0.1, 0.15) is 0 Å². The predicted octanol–water partition coefficient (Wildman–Crippen LogP) is 4.82. The number of amides is 1. The standard InChI is InChI=1S/C26H51N3O3/c1-3-5-7-9-11-13-23(30)15-17-25-27-19-21-29(25)22-20-28-26(32)18-16-24(31)14-12-10-8-6-4-2/h23-24,30-31H,3-22H2,1-2H3,(H,28,32). The van der Waals surface area contributed by atoms with Gasteiger partial charge in [-0.3, -0.25) is 9.79 Å². The molecule has 1 rings (SSSR count). The minimum Gasteiger partial charge on any atom is -0.393 e. The average molecular weight is 454 g/mol. The van der Waals surface area contributed by atoms with Crippen LogP contribution in [0.5, 0.6) is 0 Å². The Morgan fingerprint density at radius 2 is 1.50 bits per heavy atom. The first-order valence-electron chi connectivity index (χ1n) is 13.5. The first-order valence-corrected chi connectivity index (χ1v) is 13.5. The van der Waals surface area contributed by atoms with Crippen LogP contribution in [0.25, 0.3) is 0 Å². The summed E-state index contributed by atoms with van der Waals surface area (Å²) in [5, 5.41) is 23.3. The largest absolute Gasteiger partial charge is 0.393 e. The van der Waals surface area contributed by atoms with Crippen molar-refractivity contribution in [1.29, 1.82) is 0 Å². The number of hydrogen-bond acceptors (Lipinski definition) is 5. The van der Waals surface area contributed by atoms with Crippen molar-refractivity contribution in [3.63, 3.8) is 0 Å². The van der Waals surface area contributed by atoms with Crippen LogP contribution in [0.3, 0.4) is 0 Å². The Bertz CT molecular complexity index is 499. The van der Waals surface area contributed by atoms with Crippen molar-refractivity contribution in [2.75, 3.05) is 26.2 Å². The molecule has 1 amide bonds. The fraction of sp³-hybridized carbons (Fsp3) is 0.923. The summed E-state index contributed by atoms with van der Waals surface area (Å²) in [5.74, 6) is 1.09. The summed E-state index contributed by atoms with van der Waals surface area (Å²) >= 11 is 0. The van der Waals surface area contributed by atoms with Crippen LogP contribution in [0.15, 0.2) is 4.99 Å². The van der Waals surface area contributed by atoms with Gasteiger partial charge in [-0.1, -0.05) is 78.1 Å². The molecule has 0 bridgehead atoms. The Balaban J connectivity index is 2.08. The summed E-state index contributed by atoms with van der Waals surface area (Å²) in [7, 11) is 0. The van der Waals surface area contributed by atoms with Crippen molar-refractivity contribution in [2.24, 2.45) is 4.99 Å². The van der Waals surface area contributed by atoms with Crippen molar-refractivity contribution >= 4 is 11.7 Å². The number of unbranched alkanes of at least 4 members (excludes halogenated alkanes) is 8. The summed E-state index contributed by atoms with van der Waals surface area (Å²) in [4.78, 5) is 18.9. The van der Waals surface area contributed by atoms with Crippen LogP contribution >= 0.6 is 0 Å². The summed E-state index contributed by atoms with van der Waals surface area (Å²) in [5.41, 5.74) is 0. The first kappa shape index (κ1) is 28.9. The van der Waals surface area contributed by atoms with E-state index in [1.807, 2.05) is 0 Å². The van der Waals surface area contributed by atoms with Crippen molar-refractivity contribution in [3.05, 3.63) is 0 Å². The van der Waals surface area contributed by atoms with Gasteiger partial charge in [-0.05, 0) is 25.7 Å². The lowest BCUT2D eigenvalue weighted by atomic mass is 10.0. The van der Waals surface area contributed by atoms with Crippen molar-refractivity contribution < 1.29 is 15.0 Å². The van der Waals surface area contributed by atoms with E-state index in [0.717, 1.165) is 64.0 Å². The number of carbonyl (C=O) groups excluding carboxylic acids is 1. The van der Waals surface area contributed by atoms with E-state index in [2.05, 4.69) is 29.1 Å². The Morgan fingerprint density at radius 1 is 0.906 bits per heavy atom. The maximum atomic E-state index is 12.1. The molecular formula is C26H51N3O3. The summed E-state index contributed by atoms with van der Waals surface area (Å²) in [6.45, 7) is 7.49. The SMILES string of the molecule is CCCCCCCC(O)CCC(=O)NCCN1CCN=C1CCC(O)CCCCCCC. The lowest BCUT2D eigenvalue weighted by Crippen LogP contribution is -2.37. The maximum Gasteiger partial charge on any atom is 0.220 e. The molecular weight excluding hydrogens is 402 g/mol. The van der Waals surface area contributed by atoms with Crippen LogP contribution in [0.1, 0.15) is 117 Å². The molecule has 6 nitrogen and oxygen atoms in total. The fourth-order valence-corrected chi connectivity index (χ4v) is 4.27. The molecule has 1 aliphatic heterocycles. The fourth-order valence-electron chi connectivity index (χ4n) is 4.27. The molecule has 32 heavy (non-hydrogen) atoms. The highest BCUT2D eigenvalue weighted by Gasteiger charge is 2.18. The number of amidine groups is 1. The van der Waals surface area contributed by atoms with E-state index in [1.54, 1.807) is 0 Å². The second-order valence-electron chi connectivity index (χ2n) is 9.43. The van der Waals surface area contributed by atoms with Gasteiger partial charge in [0.2, 0.25) is 5.91 Å². The van der Waals surface area contributed by atoms with Crippen LogP contribution in [-0.4, -0.2) is 65.2 Å². The molecule has 1 heterocycles. The number of rotatable bonds is 21. The minimum atomic E-state index is -0.363. The Kier molecular flexibility index (Phi) is 17.5. The number of hydrogen-bond donors (Lipinski definition) is 3. The van der Waals surface area contributed by atoms with Crippen molar-refractivity contribution in [2.45, 2.75) is 129 Å². The lowest BCUT2D eigenvalue weighted by molar-refractivity contribution is -0.121. The van der Waals surface area contributed by atoms with Crippen LogP contribution in [0.4, 0.5) is 0 Å². The Morgan fingerprint density at radius 3 is 2.12 bits per heavy atom. The molecule has 2 unspecified atom stereocenters. The van der Waals surface area contributed by atoms with Crippen LogP contribution in [0, 0.1) is 0 Å². The topological polar surface area (TPSA) is 85.2 Å². The van der Waals surface area contributed by atoms with Gasteiger partial charge in [-0.15, -0.1) is 0 Å². The molecule has 0 spiro atoms. The smallest absolute Gasteiger partial charge is 0.220 e. The third-order valence-corrected chi connectivity index (χ3v) is 6.42. The molecule has 0 aromatic carbocycles. The Hall–Kier alpha value is -1.14. The first-order chi connectivity index (χ1) is 15.6. The number of nitrogens with one attached hydrogen (secondary N) is 1. The van der Waals surface area contributed by atoms with Gasteiger partial charge < -0.3 is 20.4 Å². The second kappa shape index (κ2) is 19.3. The number of aliphatic hydroxyl groups excluding tert-OH is 2. The molecule has 3 N–H and O–H groups in total. The molecule has 0 aliphatic carbocycles. The second-order valence-corrected chi connectivity index (χ2v) is 9.43. The molecule has 0 saturated heterocycles. The van der Waals surface area contributed by atoms with E-state index in [0.29, 0.717) is 19.4 Å². The highest BCUT2D eigenvalue weighted by atomic mass is 16.3. The number of aliphatic imine (C=N–C) groups is 1. The van der Waals surface area contributed by atoms with Gasteiger partial charge >= 0.3 is 0 Å². The van der Waals surface area contributed by atoms with Crippen molar-refractivity contribution in [3.8, 4) is 0 Å².